The van der Waals surface area contributed by atoms with Crippen molar-refractivity contribution in [1.29, 1.82) is 0 Å². The van der Waals surface area contributed by atoms with Gasteiger partial charge < -0.3 is 5.32 Å². The molecule has 2 saturated heterocycles. The molecule has 0 saturated carbocycles. The highest BCUT2D eigenvalue weighted by Gasteiger charge is 2.40. The molecule has 0 amide bonds. The summed E-state index contributed by atoms with van der Waals surface area (Å²) in [4.78, 5) is 5.56. The standard InChI is InChI=1S/C20H30BrN3.3ClH/c1-15-14-23(20(2)7-9-22-10-8-20)11-12-24(15)19-6-3-16-13-17(21)4-5-18(16)19;;;/h4-5,13,15,19,22H,3,6-12,14H2,1-2H3;3*1H/t15-,19?;;;/m0.../s1. The van der Waals surface area contributed by atoms with Crippen LogP contribution in [0.25, 0.3) is 0 Å². The molecule has 0 spiro atoms. The summed E-state index contributed by atoms with van der Waals surface area (Å²) in [5.74, 6) is 0. The molecule has 1 aromatic carbocycles. The predicted molar refractivity (Wildman–Crippen MR) is 125 cm³/mol. The Morgan fingerprint density at radius 3 is 2.48 bits per heavy atom. The van der Waals surface area contributed by atoms with E-state index in [0.29, 0.717) is 17.6 Å². The fraction of sp³-hybridized carbons (Fsp3) is 0.700. The van der Waals surface area contributed by atoms with Gasteiger partial charge in [-0.3, -0.25) is 9.80 Å². The van der Waals surface area contributed by atoms with E-state index in [2.05, 4.69) is 63.1 Å². The zero-order chi connectivity index (χ0) is 16.7. The number of nitrogens with one attached hydrogen (secondary N) is 1. The Bertz CT molecular complexity index is 610. The third kappa shape index (κ3) is 5.14. The van der Waals surface area contributed by atoms with E-state index in [0.717, 1.165) is 0 Å². The van der Waals surface area contributed by atoms with Crippen molar-refractivity contribution in [3.05, 3.63) is 33.8 Å². The van der Waals surface area contributed by atoms with Crippen LogP contribution in [0, 0.1) is 0 Å². The monoisotopic (exact) mass is 499 g/mol. The Morgan fingerprint density at radius 2 is 1.81 bits per heavy atom. The fourth-order valence-corrected chi connectivity index (χ4v) is 5.52. The molecule has 3 nitrogen and oxygen atoms in total. The van der Waals surface area contributed by atoms with Crippen molar-refractivity contribution in [3.8, 4) is 0 Å². The summed E-state index contributed by atoms with van der Waals surface area (Å²) in [6.45, 7) is 10.9. The molecule has 2 heterocycles. The van der Waals surface area contributed by atoms with Crippen LogP contribution in [0.1, 0.15) is 50.3 Å². The summed E-state index contributed by atoms with van der Waals surface area (Å²) in [6, 6.07) is 8.17. The Kier molecular flexibility index (Phi) is 9.88. The molecule has 2 aliphatic heterocycles. The summed E-state index contributed by atoms with van der Waals surface area (Å²) in [6.07, 6.45) is 5.10. The van der Waals surface area contributed by atoms with Crippen LogP contribution in [0.15, 0.2) is 22.7 Å². The van der Waals surface area contributed by atoms with Gasteiger partial charge in [0.05, 0.1) is 0 Å². The number of fused-ring (bicyclic) bond motifs is 1. The minimum atomic E-state index is 0. The quantitative estimate of drug-likeness (QED) is 0.625. The van der Waals surface area contributed by atoms with E-state index in [4.69, 9.17) is 0 Å². The van der Waals surface area contributed by atoms with Crippen LogP contribution in [0.5, 0.6) is 0 Å². The smallest absolute Gasteiger partial charge is 0.0357 e. The second kappa shape index (κ2) is 10.5. The molecule has 2 atom stereocenters. The maximum Gasteiger partial charge on any atom is 0.0357 e. The third-order valence-corrected chi connectivity index (χ3v) is 7.17. The number of hydrogen-bond acceptors (Lipinski definition) is 3. The largest absolute Gasteiger partial charge is 0.317 e. The first-order valence-corrected chi connectivity index (χ1v) is 10.4. The highest BCUT2D eigenvalue weighted by atomic mass is 79.9. The summed E-state index contributed by atoms with van der Waals surface area (Å²) < 4.78 is 1.22. The Balaban J connectivity index is 0.00000121. The highest BCUT2D eigenvalue weighted by molar-refractivity contribution is 9.10. The van der Waals surface area contributed by atoms with Crippen LogP contribution >= 0.6 is 53.2 Å². The minimum absolute atomic E-state index is 0. The van der Waals surface area contributed by atoms with E-state index in [9.17, 15) is 0 Å². The van der Waals surface area contributed by atoms with E-state index in [-0.39, 0.29) is 37.2 Å². The highest BCUT2D eigenvalue weighted by Crippen LogP contribution is 2.39. The van der Waals surface area contributed by atoms with Gasteiger partial charge in [0.2, 0.25) is 0 Å². The van der Waals surface area contributed by atoms with Gasteiger partial charge in [-0.25, -0.2) is 0 Å². The number of halogens is 4. The van der Waals surface area contributed by atoms with Crippen molar-refractivity contribution < 1.29 is 0 Å². The summed E-state index contributed by atoms with van der Waals surface area (Å²) in [7, 11) is 0. The molecule has 1 aromatic rings. The Hall–Kier alpha value is 0.450. The van der Waals surface area contributed by atoms with E-state index >= 15 is 0 Å². The van der Waals surface area contributed by atoms with Gasteiger partial charge in [-0.15, -0.1) is 37.2 Å². The zero-order valence-corrected chi connectivity index (χ0v) is 20.3. The SMILES string of the molecule is C[C@H]1CN(C2(C)CCNCC2)CCN1C1CCc2cc(Br)ccc21.Cl.Cl.Cl. The molecule has 1 N–H and O–H groups in total. The number of aryl methyl sites for hydroxylation is 1. The summed E-state index contributed by atoms with van der Waals surface area (Å²) in [5, 5.41) is 3.52. The van der Waals surface area contributed by atoms with Crippen LogP contribution < -0.4 is 5.32 Å². The van der Waals surface area contributed by atoms with Crippen LogP contribution in [0.2, 0.25) is 0 Å². The van der Waals surface area contributed by atoms with Gasteiger partial charge in [-0.2, -0.15) is 0 Å². The van der Waals surface area contributed by atoms with Crippen molar-refractivity contribution >= 4 is 53.2 Å². The van der Waals surface area contributed by atoms with Crippen molar-refractivity contribution in [2.75, 3.05) is 32.7 Å². The van der Waals surface area contributed by atoms with E-state index in [1.54, 1.807) is 11.1 Å². The van der Waals surface area contributed by atoms with Crippen LogP contribution in [-0.4, -0.2) is 54.1 Å². The summed E-state index contributed by atoms with van der Waals surface area (Å²) >= 11 is 3.63. The van der Waals surface area contributed by atoms with Crippen molar-refractivity contribution in [2.24, 2.45) is 0 Å². The molecule has 2 fully saturated rings. The van der Waals surface area contributed by atoms with Crippen molar-refractivity contribution in [1.82, 2.24) is 15.1 Å². The van der Waals surface area contributed by atoms with E-state index in [1.165, 1.54) is 62.9 Å². The van der Waals surface area contributed by atoms with Gasteiger partial charge >= 0.3 is 0 Å². The first kappa shape index (κ1) is 25.5. The van der Waals surface area contributed by atoms with Crippen molar-refractivity contribution in [3.63, 3.8) is 0 Å². The number of nitrogens with zero attached hydrogens (tertiary/aromatic N) is 2. The number of benzene rings is 1. The average molecular weight is 502 g/mol. The average Bonchev–Trinajstić information content (AvgIpc) is 2.98. The van der Waals surface area contributed by atoms with E-state index in [1.807, 2.05) is 0 Å². The molecular weight excluding hydrogens is 469 g/mol. The second-order valence-electron chi connectivity index (χ2n) is 8.18. The number of rotatable bonds is 2. The number of piperidine rings is 1. The number of piperazine rings is 1. The topological polar surface area (TPSA) is 18.5 Å². The lowest BCUT2D eigenvalue weighted by molar-refractivity contribution is -0.0184. The first-order chi connectivity index (χ1) is 11.6. The molecule has 1 aliphatic carbocycles. The van der Waals surface area contributed by atoms with Crippen LogP contribution in [-0.2, 0) is 6.42 Å². The fourth-order valence-electron chi connectivity index (χ4n) is 5.11. The maximum atomic E-state index is 3.63. The summed E-state index contributed by atoms with van der Waals surface area (Å²) in [5.41, 5.74) is 3.53. The predicted octanol–water partition coefficient (Wildman–Crippen LogP) is 4.85. The Labute approximate surface area is 191 Å². The lowest BCUT2D eigenvalue weighted by atomic mass is 9.87. The zero-order valence-electron chi connectivity index (χ0n) is 16.2. The molecule has 0 aromatic heterocycles. The number of hydrogen-bond donors (Lipinski definition) is 1. The van der Waals surface area contributed by atoms with Gasteiger partial charge in [0.25, 0.3) is 0 Å². The molecule has 156 valence electrons. The molecule has 27 heavy (non-hydrogen) atoms. The molecule has 0 bridgehead atoms. The normalized spacial score (nSPS) is 27.7. The minimum Gasteiger partial charge on any atom is -0.317 e. The van der Waals surface area contributed by atoms with Gasteiger partial charge in [-0.1, -0.05) is 22.0 Å². The lowest BCUT2D eigenvalue weighted by Gasteiger charge is -2.51. The molecule has 1 unspecified atom stereocenters. The molecule has 0 radical (unpaired) electrons. The molecule has 7 heteroatoms. The lowest BCUT2D eigenvalue weighted by Crippen LogP contribution is -2.61. The first-order valence-electron chi connectivity index (χ1n) is 9.57. The van der Waals surface area contributed by atoms with Gasteiger partial charge in [0, 0.05) is 41.7 Å². The second-order valence-corrected chi connectivity index (χ2v) is 9.09. The third-order valence-electron chi connectivity index (χ3n) is 6.67. The Morgan fingerprint density at radius 1 is 1.11 bits per heavy atom. The van der Waals surface area contributed by atoms with Crippen LogP contribution in [0.3, 0.4) is 0 Å². The van der Waals surface area contributed by atoms with Crippen molar-refractivity contribution in [2.45, 2.75) is 57.2 Å². The van der Waals surface area contributed by atoms with Gasteiger partial charge in [0.15, 0.2) is 0 Å². The molecular formula is C20H33BrCl3N3. The molecule has 4 rings (SSSR count). The van der Waals surface area contributed by atoms with Crippen LogP contribution in [0.4, 0.5) is 0 Å². The van der Waals surface area contributed by atoms with E-state index < -0.39 is 0 Å². The van der Waals surface area contributed by atoms with Gasteiger partial charge in [0.1, 0.15) is 0 Å². The maximum absolute atomic E-state index is 3.63. The molecule has 3 aliphatic rings. The van der Waals surface area contributed by atoms with Gasteiger partial charge in [-0.05, 0) is 75.9 Å².